The fraction of sp³-hybridized carbons (Fsp3) is 0.857. The number of hydrogen-bond donors (Lipinski definition) is 0. The topological polar surface area (TPSA) is 18.8 Å². The maximum atomic E-state index is 4.15. The van der Waals surface area contributed by atoms with Crippen LogP contribution in [0.2, 0.25) is 0 Å². The molecule has 1 unspecified atom stereocenters. The van der Waals surface area contributed by atoms with Crippen molar-refractivity contribution in [1.29, 1.82) is 0 Å². The standard InChI is InChI=1S/C7H15N3/c1-4-5-7-9(2)6-8-10(7)3/h6-7H,4-5H2,1-3H3. The Balaban J connectivity index is 2.43. The molecule has 1 heterocycles. The minimum Gasteiger partial charge on any atom is -0.343 e. The van der Waals surface area contributed by atoms with Gasteiger partial charge in [0.1, 0.15) is 12.5 Å². The SMILES string of the molecule is CCCC1N(C)C=NN1C. The first-order chi connectivity index (χ1) is 4.75. The van der Waals surface area contributed by atoms with Gasteiger partial charge < -0.3 is 4.90 Å². The second-order valence-corrected chi connectivity index (χ2v) is 2.74. The average Bonchev–Trinajstić information content (AvgIpc) is 2.20. The number of nitrogens with zero attached hydrogens (tertiary/aromatic N) is 3. The molecule has 3 heteroatoms. The third-order valence-corrected chi connectivity index (χ3v) is 1.86. The van der Waals surface area contributed by atoms with Crippen LogP contribution in [0.25, 0.3) is 0 Å². The lowest BCUT2D eigenvalue weighted by molar-refractivity contribution is 0.169. The lowest BCUT2D eigenvalue weighted by Gasteiger charge is -2.24. The molecule has 0 amide bonds. The minimum atomic E-state index is 0.491. The van der Waals surface area contributed by atoms with E-state index in [0.717, 1.165) is 0 Å². The van der Waals surface area contributed by atoms with Crippen molar-refractivity contribution in [3.05, 3.63) is 0 Å². The molecular formula is C7H15N3. The summed E-state index contributed by atoms with van der Waals surface area (Å²) in [5, 5.41) is 6.15. The summed E-state index contributed by atoms with van der Waals surface area (Å²) < 4.78 is 0. The van der Waals surface area contributed by atoms with Gasteiger partial charge in [0.25, 0.3) is 0 Å². The van der Waals surface area contributed by atoms with E-state index in [-0.39, 0.29) is 0 Å². The molecule has 0 aromatic rings. The highest BCUT2D eigenvalue weighted by Gasteiger charge is 2.19. The molecular weight excluding hydrogens is 126 g/mol. The summed E-state index contributed by atoms with van der Waals surface area (Å²) in [6.07, 6.45) is 4.76. The summed E-state index contributed by atoms with van der Waals surface area (Å²) in [5.41, 5.74) is 0. The molecule has 0 bridgehead atoms. The van der Waals surface area contributed by atoms with Gasteiger partial charge in [0.05, 0.1) is 0 Å². The van der Waals surface area contributed by atoms with E-state index in [1.54, 1.807) is 0 Å². The third-order valence-electron chi connectivity index (χ3n) is 1.86. The number of hydrazone groups is 1. The van der Waals surface area contributed by atoms with Gasteiger partial charge in [0.2, 0.25) is 0 Å². The maximum absolute atomic E-state index is 4.15. The minimum absolute atomic E-state index is 0.491. The quantitative estimate of drug-likeness (QED) is 0.569. The van der Waals surface area contributed by atoms with Gasteiger partial charge in [-0.05, 0) is 6.42 Å². The van der Waals surface area contributed by atoms with E-state index >= 15 is 0 Å². The van der Waals surface area contributed by atoms with Crippen LogP contribution < -0.4 is 0 Å². The van der Waals surface area contributed by atoms with Gasteiger partial charge in [-0.2, -0.15) is 5.10 Å². The summed E-state index contributed by atoms with van der Waals surface area (Å²) in [6, 6.07) is 0. The largest absolute Gasteiger partial charge is 0.343 e. The Bertz CT molecular complexity index is 121. The van der Waals surface area contributed by atoms with E-state index in [4.69, 9.17) is 0 Å². The van der Waals surface area contributed by atoms with Crippen LogP contribution in [0.4, 0.5) is 0 Å². The molecule has 1 atom stereocenters. The Hall–Kier alpha value is -0.730. The Morgan fingerprint density at radius 1 is 1.50 bits per heavy atom. The van der Waals surface area contributed by atoms with Crippen molar-refractivity contribution in [1.82, 2.24) is 9.91 Å². The highest BCUT2D eigenvalue weighted by Crippen LogP contribution is 2.12. The molecule has 0 spiro atoms. The Morgan fingerprint density at radius 2 is 2.20 bits per heavy atom. The molecule has 1 aliphatic heterocycles. The van der Waals surface area contributed by atoms with Crippen molar-refractivity contribution in [2.75, 3.05) is 14.1 Å². The molecule has 0 fully saturated rings. The first-order valence-corrected chi connectivity index (χ1v) is 3.74. The monoisotopic (exact) mass is 141 g/mol. The second-order valence-electron chi connectivity index (χ2n) is 2.74. The van der Waals surface area contributed by atoms with Gasteiger partial charge in [-0.1, -0.05) is 13.3 Å². The maximum Gasteiger partial charge on any atom is 0.118 e. The van der Waals surface area contributed by atoms with Crippen molar-refractivity contribution in [2.24, 2.45) is 5.10 Å². The molecule has 58 valence electrons. The Kier molecular flexibility index (Phi) is 2.14. The molecule has 0 aromatic heterocycles. The van der Waals surface area contributed by atoms with E-state index in [0.29, 0.717) is 6.17 Å². The van der Waals surface area contributed by atoms with Gasteiger partial charge in [0.15, 0.2) is 0 Å². The number of rotatable bonds is 2. The van der Waals surface area contributed by atoms with Crippen molar-refractivity contribution < 1.29 is 0 Å². The predicted molar refractivity (Wildman–Crippen MR) is 42.7 cm³/mol. The van der Waals surface area contributed by atoms with Crippen LogP contribution in [0.15, 0.2) is 5.10 Å². The first kappa shape index (κ1) is 7.38. The van der Waals surface area contributed by atoms with Gasteiger partial charge >= 0.3 is 0 Å². The molecule has 1 aliphatic rings. The molecule has 1 rings (SSSR count). The molecule has 0 radical (unpaired) electrons. The third kappa shape index (κ3) is 1.23. The first-order valence-electron chi connectivity index (χ1n) is 3.74. The van der Waals surface area contributed by atoms with Gasteiger partial charge in [-0.3, -0.25) is 5.01 Å². The molecule has 0 N–H and O–H groups in total. The Labute approximate surface area is 62.3 Å². The van der Waals surface area contributed by atoms with E-state index in [2.05, 4.69) is 24.0 Å². The summed E-state index contributed by atoms with van der Waals surface area (Å²) in [5.74, 6) is 0. The fourth-order valence-electron chi connectivity index (χ4n) is 1.23. The fourth-order valence-corrected chi connectivity index (χ4v) is 1.23. The lowest BCUT2D eigenvalue weighted by Crippen LogP contribution is -2.34. The molecule has 0 saturated carbocycles. The molecule has 0 aromatic carbocycles. The zero-order chi connectivity index (χ0) is 7.56. The summed E-state index contributed by atoms with van der Waals surface area (Å²) >= 11 is 0. The predicted octanol–water partition coefficient (Wildman–Crippen LogP) is 0.933. The highest BCUT2D eigenvalue weighted by molar-refractivity contribution is 5.56. The van der Waals surface area contributed by atoms with Crippen molar-refractivity contribution in [2.45, 2.75) is 25.9 Å². The summed E-state index contributed by atoms with van der Waals surface area (Å²) in [6.45, 7) is 2.19. The van der Waals surface area contributed by atoms with Gasteiger partial charge in [0, 0.05) is 14.1 Å². The molecule has 0 aliphatic carbocycles. The second kappa shape index (κ2) is 2.90. The van der Waals surface area contributed by atoms with Crippen LogP contribution in [0.3, 0.4) is 0 Å². The zero-order valence-electron chi connectivity index (χ0n) is 6.91. The highest BCUT2D eigenvalue weighted by atomic mass is 15.6. The van der Waals surface area contributed by atoms with E-state index in [9.17, 15) is 0 Å². The Morgan fingerprint density at radius 3 is 2.60 bits per heavy atom. The van der Waals surface area contributed by atoms with Crippen LogP contribution in [-0.2, 0) is 0 Å². The summed E-state index contributed by atoms with van der Waals surface area (Å²) in [7, 11) is 4.08. The molecule has 0 saturated heterocycles. The van der Waals surface area contributed by atoms with Gasteiger partial charge in [-0.25, -0.2) is 0 Å². The van der Waals surface area contributed by atoms with Crippen molar-refractivity contribution >= 4 is 6.34 Å². The van der Waals surface area contributed by atoms with E-state index in [1.807, 2.05) is 18.4 Å². The molecule has 10 heavy (non-hydrogen) atoms. The van der Waals surface area contributed by atoms with Crippen molar-refractivity contribution in [3.8, 4) is 0 Å². The van der Waals surface area contributed by atoms with E-state index < -0.39 is 0 Å². The van der Waals surface area contributed by atoms with Gasteiger partial charge in [-0.15, -0.1) is 0 Å². The van der Waals surface area contributed by atoms with E-state index in [1.165, 1.54) is 12.8 Å². The van der Waals surface area contributed by atoms with Crippen LogP contribution in [-0.4, -0.2) is 36.5 Å². The zero-order valence-corrected chi connectivity index (χ0v) is 6.91. The normalized spacial score (nSPS) is 24.5. The summed E-state index contributed by atoms with van der Waals surface area (Å²) in [4.78, 5) is 2.14. The lowest BCUT2D eigenvalue weighted by atomic mass is 10.2. The van der Waals surface area contributed by atoms with Crippen LogP contribution >= 0.6 is 0 Å². The average molecular weight is 141 g/mol. The number of hydrogen-bond acceptors (Lipinski definition) is 3. The van der Waals surface area contributed by atoms with Crippen molar-refractivity contribution in [3.63, 3.8) is 0 Å². The smallest absolute Gasteiger partial charge is 0.118 e. The van der Waals surface area contributed by atoms with Crippen LogP contribution in [0.1, 0.15) is 19.8 Å². The molecule has 3 nitrogen and oxygen atoms in total. The van der Waals surface area contributed by atoms with Crippen LogP contribution in [0.5, 0.6) is 0 Å². The van der Waals surface area contributed by atoms with Crippen LogP contribution in [0, 0.1) is 0 Å².